The standard InChI is InChI=1S/C28H28N4O4S/c1-31-19-16-30-27(31)26(37)20-5-7-23(8-6-20)36-28(33)32-17-13-24(14-18-32)34-21-9-11-22(12-10-21)35-25-4-2-3-15-29-25/h2-12,15-16,19,24,26,37H,13-14,17-18H2,1H3. The number of hydrogen-bond acceptors (Lipinski definition) is 7. The summed E-state index contributed by atoms with van der Waals surface area (Å²) in [4.78, 5) is 22.9. The van der Waals surface area contributed by atoms with Crippen LogP contribution in [-0.2, 0) is 7.05 Å². The highest BCUT2D eigenvalue weighted by atomic mass is 32.1. The smallest absolute Gasteiger partial charge is 0.415 e. The number of imidazole rings is 1. The number of likely N-dealkylation sites (tertiary alicyclic amines) is 1. The van der Waals surface area contributed by atoms with Gasteiger partial charge in [-0.2, -0.15) is 12.6 Å². The number of carbonyl (C=O) groups excluding carboxylic acids is 1. The van der Waals surface area contributed by atoms with Crippen LogP contribution < -0.4 is 14.2 Å². The number of carbonyl (C=O) groups is 1. The average molecular weight is 517 g/mol. The van der Waals surface area contributed by atoms with Gasteiger partial charge in [-0.1, -0.05) is 18.2 Å². The van der Waals surface area contributed by atoms with E-state index in [9.17, 15) is 4.79 Å². The van der Waals surface area contributed by atoms with E-state index >= 15 is 0 Å². The maximum Gasteiger partial charge on any atom is 0.415 e. The summed E-state index contributed by atoms with van der Waals surface area (Å²) in [5.74, 6) is 3.36. The van der Waals surface area contributed by atoms with Crippen LogP contribution in [0.3, 0.4) is 0 Å². The highest BCUT2D eigenvalue weighted by Gasteiger charge is 2.25. The van der Waals surface area contributed by atoms with Crippen molar-refractivity contribution in [1.82, 2.24) is 19.4 Å². The summed E-state index contributed by atoms with van der Waals surface area (Å²) in [6, 6.07) is 20.4. The summed E-state index contributed by atoms with van der Waals surface area (Å²) >= 11 is 4.68. The normalized spacial score (nSPS) is 14.7. The summed E-state index contributed by atoms with van der Waals surface area (Å²) in [6.07, 6.45) is 6.46. The van der Waals surface area contributed by atoms with Crippen molar-refractivity contribution < 1.29 is 19.0 Å². The van der Waals surface area contributed by atoms with Gasteiger partial charge in [-0.25, -0.2) is 14.8 Å². The lowest BCUT2D eigenvalue weighted by molar-refractivity contribution is 0.0930. The van der Waals surface area contributed by atoms with Gasteiger partial charge < -0.3 is 23.7 Å². The van der Waals surface area contributed by atoms with Crippen molar-refractivity contribution in [1.29, 1.82) is 0 Å². The van der Waals surface area contributed by atoms with Crippen molar-refractivity contribution in [2.75, 3.05) is 13.1 Å². The number of piperidine rings is 1. The van der Waals surface area contributed by atoms with Crippen LogP contribution in [0.2, 0.25) is 0 Å². The molecule has 0 saturated carbocycles. The molecule has 2 aromatic heterocycles. The zero-order valence-electron chi connectivity index (χ0n) is 20.4. The molecule has 1 aliphatic heterocycles. The molecule has 0 spiro atoms. The van der Waals surface area contributed by atoms with Crippen molar-refractivity contribution in [3.05, 3.63) is 96.7 Å². The monoisotopic (exact) mass is 516 g/mol. The summed E-state index contributed by atoms with van der Waals surface area (Å²) in [5.41, 5.74) is 0.978. The molecular formula is C28H28N4O4S. The number of amides is 1. The third kappa shape index (κ3) is 6.24. The second-order valence-electron chi connectivity index (χ2n) is 8.78. The van der Waals surface area contributed by atoms with Crippen molar-refractivity contribution in [2.24, 2.45) is 7.05 Å². The van der Waals surface area contributed by atoms with Crippen LogP contribution in [0.1, 0.15) is 29.5 Å². The van der Waals surface area contributed by atoms with Crippen molar-refractivity contribution >= 4 is 18.7 Å². The lowest BCUT2D eigenvalue weighted by Gasteiger charge is -2.31. The van der Waals surface area contributed by atoms with Crippen LogP contribution in [-0.4, -0.2) is 44.7 Å². The first-order valence-corrected chi connectivity index (χ1v) is 12.6. The third-order valence-electron chi connectivity index (χ3n) is 6.19. The van der Waals surface area contributed by atoms with Gasteiger partial charge in [0.25, 0.3) is 0 Å². The predicted octanol–water partition coefficient (Wildman–Crippen LogP) is 5.67. The Morgan fingerprint density at radius 2 is 1.62 bits per heavy atom. The fourth-order valence-corrected chi connectivity index (χ4v) is 4.56. The van der Waals surface area contributed by atoms with Gasteiger partial charge in [-0.15, -0.1) is 0 Å². The van der Waals surface area contributed by atoms with Gasteiger partial charge in [0.2, 0.25) is 5.88 Å². The number of aromatic nitrogens is 3. The van der Waals surface area contributed by atoms with E-state index in [2.05, 4.69) is 22.6 Å². The quantitative estimate of drug-likeness (QED) is 0.319. The molecule has 1 aliphatic rings. The van der Waals surface area contributed by atoms with Crippen molar-refractivity contribution in [2.45, 2.75) is 24.2 Å². The molecular weight excluding hydrogens is 488 g/mol. The van der Waals surface area contributed by atoms with Crippen LogP contribution in [0.4, 0.5) is 4.79 Å². The largest absolute Gasteiger partial charge is 0.490 e. The molecule has 0 aliphatic carbocycles. The molecule has 4 aromatic rings. The van der Waals surface area contributed by atoms with Gasteiger partial charge in [0, 0.05) is 57.6 Å². The highest BCUT2D eigenvalue weighted by molar-refractivity contribution is 7.80. The predicted molar refractivity (Wildman–Crippen MR) is 142 cm³/mol. The fraction of sp³-hybridized carbons (Fsp3) is 0.250. The van der Waals surface area contributed by atoms with Gasteiger partial charge in [0.05, 0.1) is 5.25 Å². The van der Waals surface area contributed by atoms with Crippen LogP contribution in [0, 0.1) is 0 Å². The molecule has 1 fully saturated rings. The van der Waals surface area contributed by atoms with Gasteiger partial charge >= 0.3 is 6.09 Å². The molecule has 9 heteroatoms. The maximum atomic E-state index is 12.7. The van der Waals surface area contributed by atoms with E-state index in [-0.39, 0.29) is 17.4 Å². The van der Waals surface area contributed by atoms with Gasteiger partial charge in [-0.3, -0.25) is 0 Å². The van der Waals surface area contributed by atoms with E-state index in [0.29, 0.717) is 30.5 Å². The molecule has 1 atom stereocenters. The number of thiol groups is 1. The number of ether oxygens (including phenoxy) is 3. The lowest BCUT2D eigenvalue weighted by Crippen LogP contribution is -2.43. The first-order valence-electron chi connectivity index (χ1n) is 12.1. The second-order valence-corrected chi connectivity index (χ2v) is 9.30. The van der Waals surface area contributed by atoms with Crippen molar-refractivity contribution in [3.8, 4) is 23.1 Å². The fourth-order valence-electron chi connectivity index (χ4n) is 4.14. The Morgan fingerprint density at radius 3 is 2.27 bits per heavy atom. The molecule has 0 radical (unpaired) electrons. The molecule has 2 aromatic carbocycles. The van der Waals surface area contributed by atoms with Crippen LogP contribution in [0.5, 0.6) is 23.1 Å². The van der Waals surface area contributed by atoms with E-state index < -0.39 is 0 Å². The maximum absolute atomic E-state index is 12.7. The van der Waals surface area contributed by atoms with Crippen LogP contribution in [0.25, 0.3) is 0 Å². The zero-order valence-corrected chi connectivity index (χ0v) is 21.3. The Kier molecular flexibility index (Phi) is 7.60. The number of hydrogen-bond donors (Lipinski definition) is 1. The summed E-state index contributed by atoms with van der Waals surface area (Å²) < 4.78 is 19.4. The van der Waals surface area contributed by atoms with Crippen LogP contribution in [0.15, 0.2) is 85.3 Å². The molecule has 0 N–H and O–H groups in total. The Bertz CT molecular complexity index is 1300. The van der Waals surface area contributed by atoms with Crippen molar-refractivity contribution in [3.63, 3.8) is 0 Å². The van der Waals surface area contributed by atoms with Gasteiger partial charge in [0.15, 0.2) is 0 Å². The molecule has 1 saturated heterocycles. The Labute approximate surface area is 221 Å². The Morgan fingerprint density at radius 1 is 0.919 bits per heavy atom. The minimum Gasteiger partial charge on any atom is -0.490 e. The molecule has 37 heavy (non-hydrogen) atoms. The summed E-state index contributed by atoms with van der Waals surface area (Å²) in [6.45, 7) is 1.14. The second kappa shape index (κ2) is 11.4. The molecule has 0 bridgehead atoms. The molecule has 1 unspecified atom stereocenters. The Hall–Kier alpha value is -3.98. The van der Waals surface area contributed by atoms with Gasteiger partial charge in [-0.05, 0) is 48.0 Å². The van der Waals surface area contributed by atoms with E-state index in [1.807, 2.05) is 66.3 Å². The minimum absolute atomic E-state index is 0.0318. The third-order valence-corrected chi connectivity index (χ3v) is 6.72. The molecule has 190 valence electrons. The number of aryl methyl sites for hydroxylation is 1. The van der Waals surface area contributed by atoms with E-state index in [4.69, 9.17) is 14.2 Å². The lowest BCUT2D eigenvalue weighted by atomic mass is 10.1. The average Bonchev–Trinajstić information content (AvgIpc) is 3.36. The van der Waals surface area contributed by atoms with Crippen LogP contribution >= 0.6 is 12.6 Å². The topological polar surface area (TPSA) is 78.7 Å². The minimum atomic E-state index is -0.353. The molecule has 5 rings (SSSR count). The zero-order chi connectivity index (χ0) is 25.6. The first kappa shape index (κ1) is 24.7. The Balaban J connectivity index is 1.08. The molecule has 8 nitrogen and oxygen atoms in total. The summed E-state index contributed by atoms with van der Waals surface area (Å²) in [7, 11) is 1.94. The highest BCUT2D eigenvalue weighted by Crippen LogP contribution is 2.29. The van der Waals surface area contributed by atoms with E-state index in [1.54, 1.807) is 35.5 Å². The number of benzene rings is 2. The summed E-state index contributed by atoms with van der Waals surface area (Å²) in [5, 5.41) is -0.159. The molecule has 3 heterocycles. The first-order chi connectivity index (χ1) is 18.0. The van der Waals surface area contributed by atoms with Gasteiger partial charge in [0.1, 0.15) is 29.2 Å². The molecule has 1 amide bonds. The number of pyridine rings is 1. The van der Waals surface area contributed by atoms with E-state index in [0.717, 1.165) is 30.0 Å². The van der Waals surface area contributed by atoms with E-state index in [1.165, 1.54) is 0 Å². The number of nitrogens with zero attached hydrogens (tertiary/aromatic N) is 4. The number of rotatable bonds is 7. The SMILES string of the molecule is Cn1ccnc1C(S)c1ccc(OC(=O)N2CCC(Oc3ccc(Oc4ccccn4)cc3)CC2)cc1.